The normalized spacial score (nSPS) is 9.43. The van der Waals surface area contributed by atoms with Crippen LogP contribution in [0, 0.1) is 5.92 Å². The van der Waals surface area contributed by atoms with E-state index >= 15 is 0 Å². The SMILES string of the molecule is CC.CC.CC.CC.C[C@@H](Cc1c[nH]c2ccccc12)C(=O)O. The van der Waals surface area contributed by atoms with Crippen LogP contribution in [0.15, 0.2) is 30.5 Å². The largest absolute Gasteiger partial charge is 0.481 e. The molecule has 1 aromatic carbocycles. The number of nitrogens with one attached hydrogen (secondary N) is 1. The number of hydrogen-bond donors (Lipinski definition) is 2. The van der Waals surface area contributed by atoms with Crippen LogP contribution in [-0.2, 0) is 11.2 Å². The highest BCUT2D eigenvalue weighted by molar-refractivity contribution is 5.83. The molecular formula is C20H37NO2. The molecule has 0 unspecified atom stereocenters. The predicted octanol–water partition coefficient (Wildman–Crippen LogP) is 6.54. The Kier molecular flexibility index (Phi) is 20.8. The molecule has 0 saturated heterocycles. The molecule has 1 atom stereocenters. The molecular weight excluding hydrogens is 286 g/mol. The van der Waals surface area contributed by atoms with Crippen LogP contribution >= 0.6 is 0 Å². The van der Waals surface area contributed by atoms with Crippen LogP contribution in [0.2, 0.25) is 0 Å². The molecule has 0 aliphatic heterocycles. The Morgan fingerprint density at radius 2 is 1.48 bits per heavy atom. The molecule has 0 spiro atoms. The second-order valence-corrected chi connectivity index (χ2v) is 3.80. The van der Waals surface area contributed by atoms with E-state index in [0.717, 1.165) is 16.5 Å². The Labute approximate surface area is 143 Å². The van der Waals surface area contributed by atoms with Gasteiger partial charge in [0.05, 0.1) is 5.92 Å². The number of hydrogen-bond acceptors (Lipinski definition) is 1. The molecule has 0 bridgehead atoms. The minimum absolute atomic E-state index is 0.343. The minimum atomic E-state index is -0.750. The first-order chi connectivity index (χ1) is 11.2. The first-order valence-electron chi connectivity index (χ1n) is 8.96. The van der Waals surface area contributed by atoms with Crippen molar-refractivity contribution in [3.8, 4) is 0 Å². The number of aromatic nitrogens is 1. The van der Waals surface area contributed by atoms with Gasteiger partial charge in [-0.2, -0.15) is 0 Å². The van der Waals surface area contributed by atoms with Gasteiger partial charge in [0.1, 0.15) is 0 Å². The smallest absolute Gasteiger partial charge is 0.306 e. The van der Waals surface area contributed by atoms with Crippen LogP contribution in [0.4, 0.5) is 0 Å². The van der Waals surface area contributed by atoms with Gasteiger partial charge in [-0.1, -0.05) is 80.5 Å². The number of aliphatic carboxylic acids is 1. The first kappa shape index (κ1) is 26.1. The summed E-state index contributed by atoms with van der Waals surface area (Å²) in [6, 6.07) is 7.92. The lowest BCUT2D eigenvalue weighted by atomic mass is 10.0. The number of rotatable bonds is 3. The molecule has 1 heterocycles. The maximum absolute atomic E-state index is 10.8. The highest BCUT2D eigenvalue weighted by Crippen LogP contribution is 2.20. The average Bonchev–Trinajstić information content (AvgIpc) is 3.05. The van der Waals surface area contributed by atoms with Crippen molar-refractivity contribution in [1.82, 2.24) is 4.98 Å². The van der Waals surface area contributed by atoms with E-state index in [1.165, 1.54) is 0 Å². The van der Waals surface area contributed by atoms with Gasteiger partial charge < -0.3 is 10.1 Å². The quantitative estimate of drug-likeness (QED) is 0.674. The summed E-state index contributed by atoms with van der Waals surface area (Å²) in [6.07, 6.45) is 2.46. The van der Waals surface area contributed by atoms with Crippen molar-refractivity contribution in [2.75, 3.05) is 0 Å². The lowest BCUT2D eigenvalue weighted by molar-refractivity contribution is -0.141. The average molecular weight is 324 g/mol. The fourth-order valence-corrected chi connectivity index (χ4v) is 1.72. The van der Waals surface area contributed by atoms with E-state index in [0.29, 0.717) is 6.42 Å². The maximum Gasteiger partial charge on any atom is 0.306 e. The molecule has 23 heavy (non-hydrogen) atoms. The topological polar surface area (TPSA) is 53.1 Å². The van der Waals surface area contributed by atoms with Crippen LogP contribution in [-0.4, -0.2) is 16.1 Å². The number of H-pyrrole nitrogens is 1. The van der Waals surface area contributed by atoms with Crippen molar-refractivity contribution >= 4 is 16.9 Å². The number of carbonyl (C=O) groups is 1. The zero-order valence-corrected chi connectivity index (χ0v) is 16.5. The van der Waals surface area contributed by atoms with Gasteiger partial charge in [-0.3, -0.25) is 4.79 Å². The third-order valence-electron chi connectivity index (χ3n) is 2.62. The van der Waals surface area contributed by atoms with Crippen LogP contribution < -0.4 is 0 Å². The van der Waals surface area contributed by atoms with Gasteiger partial charge in [-0.05, 0) is 18.1 Å². The lowest BCUT2D eigenvalue weighted by Crippen LogP contribution is -2.11. The molecule has 2 rings (SSSR count). The number of para-hydroxylation sites is 1. The van der Waals surface area contributed by atoms with Gasteiger partial charge in [0.15, 0.2) is 0 Å². The van der Waals surface area contributed by atoms with Gasteiger partial charge >= 0.3 is 5.97 Å². The molecule has 0 aliphatic rings. The molecule has 0 aliphatic carbocycles. The van der Waals surface area contributed by atoms with Crippen molar-refractivity contribution in [2.24, 2.45) is 5.92 Å². The van der Waals surface area contributed by atoms with Gasteiger partial charge in [0.2, 0.25) is 0 Å². The van der Waals surface area contributed by atoms with E-state index in [1.807, 2.05) is 85.9 Å². The van der Waals surface area contributed by atoms with Gasteiger partial charge in [-0.15, -0.1) is 0 Å². The summed E-state index contributed by atoms with van der Waals surface area (Å²) in [7, 11) is 0. The Bertz CT molecular complexity index is 489. The van der Waals surface area contributed by atoms with Crippen LogP contribution in [0.5, 0.6) is 0 Å². The summed E-state index contributed by atoms with van der Waals surface area (Å²) in [6.45, 7) is 17.7. The molecule has 0 saturated carbocycles. The molecule has 2 aromatic rings. The molecule has 0 fully saturated rings. The number of benzene rings is 1. The summed E-state index contributed by atoms with van der Waals surface area (Å²) < 4.78 is 0. The molecule has 3 heteroatoms. The molecule has 0 radical (unpaired) electrons. The van der Waals surface area contributed by atoms with Crippen LogP contribution in [0.3, 0.4) is 0 Å². The third-order valence-corrected chi connectivity index (χ3v) is 2.62. The molecule has 134 valence electrons. The number of carboxylic acids is 1. The van der Waals surface area contributed by atoms with Gasteiger partial charge in [-0.25, -0.2) is 0 Å². The van der Waals surface area contributed by atoms with Gasteiger partial charge in [0, 0.05) is 17.1 Å². The zero-order valence-electron chi connectivity index (χ0n) is 16.5. The maximum atomic E-state index is 10.8. The second kappa shape index (κ2) is 18.3. The number of fused-ring (bicyclic) bond motifs is 1. The lowest BCUT2D eigenvalue weighted by Gasteiger charge is -2.04. The van der Waals surface area contributed by atoms with E-state index in [1.54, 1.807) is 6.92 Å². The number of aromatic amines is 1. The predicted molar refractivity (Wildman–Crippen MR) is 104 cm³/mol. The highest BCUT2D eigenvalue weighted by Gasteiger charge is 2.13. The van der Waals surface area contributed by atoms with E-state index < -0.39 is 5.97 Å². The van der Waals surface area contributed by atoms with E-state index in [9.17, 15) is 4.79 Å². The molecule has 2 N–H and O–H groups in total. The Balaban J connectivity index is -0.000000438. The summed E-state index contributed by atoms with van der Waals surface area (Å²) in [5, 5.41) is 9.96. The highest BCUT2D eigenvalue weighted by atomic mass is 16.4. The molecule has 1 aromatic heterocycles. The van der Waals surface area contributed by atoms with E-state index in [2.05, 4.69) is 4.98 Å². The Morgan fingerprint density at radius 1 is 1.00 bits per heavy atom. The van der Waals surface area contributed by atoms with Crippen LogP contribution in [0.25, 0.3) is 10.9 Å². The van der Waals surface area contributed by atoms with Crippen molar-refractivity contribution < 1.29 is 9.90 Å². The fraction of sp³-hybridized carbons (Fsp3) is 0.550. The Hall–Kier alpha value is -1.77. The van der Waals surface area contributed by atoms with Crippen molar-refractivity contribution in [3.05, 3.63) is 36.0 Å². The third kappa shape index (κ3) is 9.77. The first-order valence-corrected chi connectivity index (χ1v) is 8.96. The summed E-state index contributed by atoms with van der Waals surface area (Å²) in [4.78, 5) is 13.9. The second-order valence-electron chi connectivity index (χ2n) is 3.80. The standard InChI is InChI=1S/C12H13NO2.4C2H6/c1-8(12(14)15)6-9-7-13-11-5-3-2-4-10(9)11;4*1-2/h2-5,7-8,13H,6H2,1H3,(H,14,15);4*1-2H3/t8-;;;;/m0..../s1. The summed E-state index contributed by atoms with van der Waals surface area (Å²) in [5.74, 6) is -1.09. The monoisotopic (exact) mass is 323 g/mol. The van der Waals surface area contributed by atoms with E-state index in [-0.39, 0.29) is 5.92 Å². The van der Waals surface area contributed by atoms with E-state index in [4.69, 9.17) is 5.11 Å². The van der Waals surface area contributed by atoms with Crippen molar-refractivity contribution in [2.45, 2.75) is 68.7 Å². The number of carboxylic acid groups (broad SMARTS) is 1. The molecule has 0 amide bonds. The Morgan fingerprint density at radius 3 is 1.96 bits per heavy atom. The summed E-state index contributed by atoms with van der Waals surface area (Å²) >= 11 is 0. The fourth-order valence-electron chi connectivity index (χ4n) is 1.72. The summed E-state index contributed by atoms with van der Waals surface area (Å²) in [5.41, 5.74) is 2.13. The minimum Gasteiger partial charge on any atom is -0.481 e. The van der Waals surface area contributed by atoms with Crippen molar-refractivity contribution in [1.29, 1.82) is 0 Å². The van der Waals surface area contributed by atoms with Crippen molar-refractivity contribution in [3.63, 3.8) is 0 Å². The zero-order chi connectivity index (χ0) is 18.8. The van der Waals surface area contributed by atoms with Gasteiger partial charge in [0.25, 0.3) is 0 Å². The molecule has 3 nitrogen and oxygen atoms in total. The van der Waals surface area contributed by atoms with Crippen LogP contribution in [0.1, 0.15) is 67.9 Å².